The van der Waals surface area contributed by atoms with Crippen LogP contribution >= 0.6 is 12.6 Å². The maximum absolute atomic E-state index is 10.3. The van der Waals surface area contributed by atoms with Crippen molar-refractivity contribution < 1.29 is 17.2 Å². The van der Waals surface area contributed by atoms with Gasteiger partial charge in [0.05, 0.1) is 0 Å². The Bertz CT molecular complexity index is 371. The van der Waals surface area contributed by atoms with Gasteiger partial charge in [0.15, 0.2) is 5.75 Å². The molecular formula is C6H6O4S2. The summed E-state index contributed by atoms with van der Waals surface area (Å²) in [5.41, 5.74) is 0. The van der Waals surface area contributed by atoms with Crippen molar-refractivity contribution in [3.8, 4) is 5.75 Å². The molecule has 0 radical (unpaired) electrons. The maximum atomic E-state index is 10.3. The summed E-state index contributed by atoms with van der Waals surface area (Å²) in [4.78, 5) is 0.343. The van der Waals surface area contributed by atoms with Crippen LogP contribution in [0.5, 0.6) is 5.75 Å². The second-order valence-corrected chi connectivity index (χ2v) is 3.48. The molecule has 6 heteroatoms. The zero-order valence-electron chi connectivity index (χ0n) is 5.84. The second kappa shape index (κ2) is 3.34. The van der Waals surface area contributed by atoms with Gasteiger partial charge in [-0.1, -0.05) is 12.1 Å². The molecule has 0 fully saturated rings. The van der Waals surface area contributed by atoms with E-state index in [-0.39, 0.29) is 5.75 Å². The summed E-state index contributed by atoms with van der Waals surface area (Å²) in [7, 11) is -4.45. The van der Waals surface area contributed by atoms with Crippen molar-refractivity contribution in [2.45, 2.75) is 4.90 Å². The SMILES string of the molecule is O=S(=O)(O)Oc1ccccc1S. The summed E-state index contributed by atoms with van der Waals surface area (Å²) >= 11 is 3.91. The average molecular weight is 206 g/mol. The quantitative estimate of drug-likeness (QED) is 0.563. The first kappa shape index (κ1) is 9.37. The molecule has 0 saturated heterocycles. The molecule has 0 aliphatic rings. The number of thiol groups is 1. The molecule has 4 nitrogen and oxygen atoms in total. The average Bonchev–Trinajstić information content (AvgIpc) is 1.91. The van der Waals surface area contributed by atoms with Crippen LogP contribution in [0.4, 0.5) is 0 Å². The first-order valence-corrected chi connectivity index (χ1v) is 4.75. The highest BCUT2D eigenvalue weighted by Crippen LogP contribution is 2.22. The summed E-state index contributed by atoms with van der Waals surface area (Å²) in [6.45, 7) is 0. The molecule has 0 aliphatic heterocycles. The summed E-state index contributed by atoms with van der Waals surface area (Å²) in [6, 6.07) is 6.17. The number of benzene rings is 1. The standard InChI is InChI=1S/C6H6O4S2/c7-12(8,9)10-5-3-1-2-4-6(5)11/h1-4,11H,(H,7,8,9). The third kappa shape index (κ3) is 2.72. The van der Waals surface area contributed by atoms with Crippen LogP contribution in [0.1, 0.15) is 0 Å². The lowest BCUT2D eigenvalue weighted by molar-refractivity contribution is 0.383. The third-order valence-electron chi connectivity index (χ3n) is 1.06. The van der Waals surface area contributed by atoms with Crippen LogP contribution in [0.15, 0.2) is 29.2 Å². The molecule has 1 rings (SSSR count). The molecule has 0 aliphatic carbocycles. The fourth-order valence-electron chi connectivity index (χ4n) is 0.641. The predicted octanol–water partition coefficient (Wildman–Crippen LogP) is 1.16. The first-order valence-electron chi connectivity index (χ1n) is 2.94. The Hall–Kier alpha value is -0.720. The van der Waals surface area contributed by atoms with E-state index in [0.29, 0.717) is 4.90 Å². The molecule has 0 aromatic heterocycles. The van der Waals surface area contributed by atoms with Crippen molar-refractivity contribution >= 4 is 23.0 Å². The topological polar surface area (TPSA) is 63.6 Å². The van der Waals surface area contributed by atoms with Gasteiger partial charge in [-0.3, -0.25) is 4.55 Å². The van der Waals surface area contributed by atoms with Gasteiger partial charge in [0.25, 0.3) is 0 Å². The fourth-order valence-corrected chi connectivity index (χ4v) is 1.28. The Kier molecular flexibility index (Phi) is 2.61. The molecule has 0 amide bonds. The number of hydrogen-bond donors (Lipinski definition) is 2. The highest BCUT2D eigenvalue weighted by molar-refractivity contribution is 7.81. The Morgan fingerprint density at radius 3 is 2.42 bits per heavy atom. The van der Waals surface area contributed by atoms with Crippen molar-refractivity contribution in [2.75, 3.05) is 0 Å². The fraction of sp³-hybridized carbons (Fsp3) is 0. The number of hydrogen-bond acceptors (Lipinski definition) is 4. The second-order valence-electron chi connectivity index (χ2n) is 1.98. The molecule has 0 unspecified atom stereocenters. The smallest absolute Gasteiger partial charge is 0.361 e. The van der Waals surface area contributed by atoms with Crippen molar-refractivity contribution in [1.29, 1.82) is 0 Å². The van der Waals surface area contributed by atoms with E-state index in [4.69, 9.17) is 4.55 Å². The van der Waals surface area contributed by atoms with E-state index in [0.717, 1.165) is 0 Å². The van der Waals surface area contributed by atoms with E-state index in [1.54, 1.807) is 18.2 Å². The molecule has 12 heavy (non-hydrogen) atoms. The van der Waals surface area contributed by atoms with Gasteiger partial charge in [-0.15, -0.1) is 12.6 Å². The molecule has 0 saturated carbocycles. The Balaban J connectivity index is 2.98. The normalized spacial score (nSPS) is 11.2. The molecule has 1 aromatic carbocycles. The lowest BCUT2D eigenvalue weighted by atomic mass is 10.3. The Morgan fingerprint density at radius 1 is 1.33 bits per heavy atom. The summed E-state index contributed by atoms with van der Waals surface area (Å²) in [6.07, 6.45) is 0. The van der Waals surface area contributed by atoms with Gasteiger partial charge in [-0.05, 0) is 12.1 Å². The van der Waals surface area contributed by atoms with Gasteiger partial charge in [0.2, 0.25) is 0 Å². The zero-order valence-corrected chi connectivity index (χ0v) is 7.55. The van der Waals surface area contributed by atoms with Gasteiger partial charge in [0.1, 0.15) is 0 Å². The van der Waals surface area contributed by atoms with Crippen molar-refractivity contribution in [3.05, 3.63) is 24.3 Å². The van der Waals surface area contributed by atoms with Crippen LogP contribution in [0, 0.1) is 0 Å². The highest BCUT2D eigenvalue weighted by atomic mass is 32.3. The minimum Gasteiger partial charge on any atom is -0.361 e. The lowest BCUT2D eigenvalue weighted by Crippen LogP contribution is -2.06. The highest BCUT2D eigenvalue weighted by Gasteiger charge is 2.08. The zero-order chi connectivity index (χ0) is 9.19. The molecular weight excluding hydrogens is 200 g/mol. The Morgan fingerprint density at radius 2 is 1.92 bits per heavy atom. The van der Waals surface area contributed by atoms with E-state index in [9.17, 15) is 8.42 Å². The lowest BCUT2D eigenvalue weighted by Gasteiger charge is -2.02. The van der Waals surface area contributed by atoms with Crippen LogP contribution in [0.3, 0.4) is 0 Å². The van der Waals surface area contributed by atoms with Crippen molar-refractivity contribution in [2.24, 2.45) is 0 Å². The molecule has 0 bridgehead atoms. The third-order valence-corrected chi connectivity index (χ3v) is 1.82. The minimum atomic E-state index is -4.45. The van der Waals surface area contributed by atoms with Crippen LogP contribution in [-0.2, 0) is 10.4 Å². The molecule has 1 aromatic rings. The summed E-state index contributed by atoms with van der Waals surface area (Å²) < 4.78 is 33.0. The molecule has 0 atom stereocenters. The molecule has 1 N–H and O–H groups in total. The Labute approximate surface area is 75.5 Å². The van der Waals surface area contributed by atoms with E-state index < -0.39 is 10.4 Å². The van der Waals surface area contributed by atoms with E-state index in [1.165, 1.54) is 6.07 Å². The van der Waals surface area contributed by atoms with Crippen LogP contribution in [-0.4, -0.2) is 13.0 Å². The van der Waals surface area contributed by atoms with Gasteiger partial charge in [0, 0.05) is 4.90 Å². The summed E-state index contributed by atoms with van der Waals surface area (Å²) in [5, 5.41) is 0. The van der Waals surface area contributed by atoms with Crippen molar-refractivity contribution in [3.63, 3.8) is 0 Å². The maximum Gasteiger partial charge on any atom is 0.446 e. The van der Waals surface area contributed by atoms with Crippen LogP contribution < -0.4 is 4.18 Å². The summed E-state index contributed by atoms with van der Waals surface area (Å²) in [5.74, 6) is 0.00309. The van der Waals surface area contributed by atoms with E-state index in [1.807, 2.05) is 0 Å². The predicted molar refractivity (Wildman–Crippen MR) is 45.9 cm³/mol. The van der Waals surface area contributed by atoms with Crippen LogP contribution in [0.2, 0.25) is 0 Å². The van der Waals surface area contributed by atoms with Gasteiger partial charge in [-0.2, -0.15) is 8.42 Å². The van der Waals surface area contributed by atoms with Gasteiger partial charge < -0.3 is 4.18 Å². The number of rotatable bonds is 2. The molecule has 0 heterocycles. The van der Waals surface area contributed by atoms with Crippen LogP contribution in [0.25, 0.3) is 0 Å². The molecule has 66 valence electrons. The van der Waals surface area contributed by atoms with E-state index in [2.05, 4.69) is 16.8 Å². The molecule has 0 spiro atoms. The van der Waals surface area contributed by atoms with Gasteiger partial charge in [-0.25, -0.2) is 0 Å². The largest absolute Gasteiger partial charge is 0.446 e. The van der Waals surface area contributed by atoms with Crippen molar-refractivity contribution in [1.82, 2.24) is 0 Å². The van der Waals surface area contributed by atoms with Gasteiger partial charge >= 0.3 is 10.4 Å². The number of para-hydroxylation sites is 1. The monoisotopic (exact) mass is 206 g/mol. The minimum absolute atomic E-state index is 0.00309. The van der Waals surface area contributed by atoms with E-state index >= 15 is 0 Å². The first-order chi connectivity index (χ1) is 5.49.